The lowest BCUT2D eigenvalue weighted by Crippen LogP contribution is -2.44. The van der Waals surface area contributed by atoms with Gasteiger partial charge in [0.1, 0.15) is 0 Å². The first-order valence-corrected chi connectivity index (χ1v) is 7.26. The van der Waals surface area contributed by atoms with Crippen LogP contribution in [0.15, 0.2) is 0 Å². The number of rotatable bonds is 1. The van der Waals surface area contributed by atoms with E-state index in [1.165, 1.54) is 0 Å². The summed E-state index contributed by atoms with van der Waals surface area (Å²) in [6.07, 6.45) is 0.854. The summed E-state index contributed by atoms with van der Waals surface area (Å²) >= 11 is 0. The van der Waals surface area contributed by atoms with Crippen LogP contribution in [-0.2, 0) is 4.74 Å². The van der Waals surface area contributed by atoms with Crippen molar-refractivity contribution in [3.63, 3.8) is 0 Å². The predicted molar refractivity (Wildman–Crippen MR) is 78.3 cm³/mol. The Hall–Kier alpha value is -0.770. The van der Waals surface area contributed by atoms with Gasteiger partial charge >= 0.3 is 6.09 Å². The molecule has 0 N–H and O–H groups in total. The van der Waals surface area contributed by atoms with Gasteiger partial charge in [-0.1, -0.05) is 20.8 Å². The van der Waals surface area contributed by atoms with Crippen LogP contribution < -0.4 is 0 Å². The molecule has 1 fully saturated rings. The lowest BCUT2D eigenvalue weighted by atomic mass is 9.99. The fraction of sp³-hybridized carbons (Fsp3) is 0.933. The molecule has 1 rings (SSSR count). The monoisotopic (exact) mass is 270 g/mol. The first kappa shape index (κ1) is 16.3. The van der Waals surface area contributed by atoms with E-state index in [1.807, 2.05) is 4.90 Å². The minimum absolute atomic E-state index is 0.0267. The number of nitrogens with zero attached hydrogens (tertiary/aromatic N) is 2. The Balaban J connectivity index is 2.46. The molecule has 0 unspecified atom stereocenters. The molecule has 0 aromatic rings. The summed E-state index contributed by atoms with van der Waals surface area (Å²) in [5.74, 6) is 0. The van der Waals surface area contributed by atoms with Crippen molar-refractivity contribution in [1.29, 1.82) is 0 Å². The second-order valence-corrected chi connectivity index (χ2v) is 7.61. The summed E-state index contributed by atoms with van der Waals surface area (Å²) in [6, 6.07) is 0. The molecule has 0 aromatic heterocycles. The third kappa shape index (κ3) is 5.81. The Labute approximate surface area is 118 Å². The molecule has 0 bridgehead atoms. The minimum Gasteiger partial charge on any atom is -0.449 e. The number of hydrogen-bond donors (Lipinski definition) is 0. The lowest BCUT2D eigenvalue weighted by Gasteiger charge is -2.34. The van der Waals surface area contributed by atoms with Crippen molar-refractivity contribution in [2.24, 2.45) is 5.41 Å². The topological polar surface area (TPSA) is 32.8 Å². The first-order chi connectivity index (χ1) is 8.59. The minimum atomic E-state index is -0.161. The highest BCUT2D eigenvalue weighted by Gasteiger charge is 2.26. The zero-order valence-electron chi connectivity index (χ0n) is 13.5. The van der Waals surface area contributed by atoms with E-state index in [0.29, 0.717) is 6.61 Å². The maximum Gasteiger partial charge on any atom is 0.409 e. The van der Waals surface area contributed by atoms with Gasteiger partial charge in [-0.3, -0.25) is 4.90 Å². The van der Waals surface area contributed by atoms with Gasteiger partial charge in [-0.05, 0) is 32.6 Å². The first-order valence-electron chi connectivity index (χ1n) is 7.26. The van der Waals surface area contributed by atoms with Crippen molar-refractivity contribution in [2.45, 2.75) is 53.5 Å². The molecule has 0 saturated carbocycles. The highest BCUT2D eigenvalue weighted by atomic mass is 16.6. The fourth-order valence-corrected chi connectivity index (χ4v) is 2.14. The quantitative estimate of drug-likeness (QED) is 0.734. The Bertz CT molecular complexity index is 302. The van der Waals surface area contributed by atoms with Gasteiger partial charge < -0.3 is 9.64 Å². The van der Waals surface area contributed by atoms with Gasteiger partial charge in [-0.2, -0.15) is 0 Å². The largest absolute Gasteiger partial charge is 0.449 e. The summed E-state index contributed by atoms with van der Waals surface area (Å²) in [6.45, 7) is 16.9. The molecule has 1 aliphatic rings. The van der Waals surface area contributed by atoms with E-state index in [4.69, 9.17) is 4.74 Å². The smallest absolute Gasteiger partial charge is 0.409 e. The number of amides is 1. The van der Waals surface area contributed by atoms with Crippen molar-refractivity contribution in [1.82, 2.24) is 9.80 Å². The van der Waals surface area contributed by atoms with E-state index in [9.17, 15) is 4.79 Å². The summed E-state index contributed by atoms with van der Waals surface area (Å²) in [5, 5.41) is 0. The second-order valence-electron chi connectivity index (χ2n) is 7.61. The number of carbonyl (C=O) groups is 1. The predicted octanol–water partition coefficient (Wildman–Crippen LogP) is 2.98. The van der Waals surface area contributed by atoms with E-state index >= 15 is 0 Å². The van der Waals surface area contributed by atoms with Crippen LogP contribution in [0.4, 0.5) is 4.79 Å². The van der Waals surface area contributed by atoms with Crippen LogP contribution in [-0.4, -0.2) is 54.2 Å². The van der Waals surface area contributed by atoms with E-state index in [1.54, 1.807) is 0 Å². The Morgan fingerprint density at radius 2 is 1.63 bits per heavy atom. The molecule has 0 atom stereocenters. The molecule has 4 heteroatoms. The van der Waals surface area contributed by atoms with E-state index in [0.717, 1.165) is 32.6 Å². The van der Waals surface area contributed by atoms with Crippen LogP contribution in [0.5, 0.6) is 0 Å². The zero-order valence-corrected chi connectivity index (χ0v) is 13.5. The third-order valence-corrected chi connectivity index (χ3v) is 3.33. The Morgan fingerprint density at radius 1 is 1.00 bits per heavy atom. The molecule has 0 aliphatic carbocycles. The fourth-order valence-electron chi connectivity index (χ4n) is 2.14. The lowest BCUT2D eigenvalue weighted by molar-refractivity contribution is 0.0714. The Morgan fingerprint density at radius 3 is 2.16 bits per heavy atom. The molecule has 1 heterocycles. The molecule has 1 aliphatic heterocycles. The molecule has 1 amide bonds. The molecule has 0 radical (unpaired) electrons. The molecule has 1 saturated heterocycles. The van der Waals surface area contributed by atoms with Gasteiger partial charge in [0.05, 0.1) is 6.61 Å². The normalized spacial score (nSPS) is 19.2. The van der Waals surface area contributed by atoms with E-state index < -0.39 is 0 Å². The molecular weight excluding hydrogens is 240 g/mol. The van der Waals surface area contributed by atoms with Gasteiger partial charge in [0.25, 0.3) is 0 Å². The molecule has 0 aromatic carbocycles. The van der Waals surface area contributed by atoms with Crippen LogP contribution in [0.1, 0.15) is 48.0 Å². The van der Waals surface area contributed by atoms with Crippen LogP contribution in [0.25, 0.3) is 0 Å². The molecule has 0 spiro atoms. The van der Waals surface area contributed by atoms with Gasteiger partial charge in [0.15, 0.2) is 0 Å². The average molecular weight is 270 g/mol. The van der Waals surface area contributed by atoms with Crippen LogP contribution in [0.3, 0.4) is 0 Å². The summed E-state index contributed by atoms with van der Waals surface area (Å²) in [4.78, 5) is 16.3. The third-order valence-electron chi connectivity index (χ3n) is 3.33. The highest BCUT2D eigenvalue weighted by molar-refractivity contribution is 5.67. The summed E-state index contributed by atoms with van der Waals surface area (Å²) < 4.78 is 5.39. The van der Waals surface area contributed by atoms with Gasteiger partial charge in [-0.25, -0.2) is 4.79 Å². The molecule has 112 valence electrons. The van der Waals surface area contributed by atoms with Crippen LogP contribution >= 0.6 is 0 Å². The second kappa shape index (κ2) is 6.12. The van der Waals surface area contributed by atoms with Crippen molar-refractivity contribution in [2.75, 3.05) is 32.8 Å². The van der Waals surface area contributed by atoms with Gasteiger partial charge in [0.2, 0.25) is 0 Å². The average Bonchev–Trinajstić information content (AvgIpc) is 2.49. The summed E-state index contributed by atoms with van der Waals surface area (Å²) in [5.41, 5.74) is 0.199. The number of carbonyl (C=O) groups excluding carboxylic acids is 1. The molecule has 4 nitrogen and oxygen atoms in total. The number of ether oxygens (including phenoxy) is 1. The van der Waals surface area contributed by atoms with Crippen LogP contribution in [0.2, 0.25) is 0 Å². The standard InChI is InChI=1S/C15H30N2O2/c1-14(2,3)12-19-13(18)16-8-7-9-17(11-10-16)15(4,5)6/h7-12H2,1-6H3. The summed E-state index contributed by atoms with van der Waals surface area (Å²) in [7, 11) is 0. The maximum absolute atomic E-state index is 12.0. The van der Waals surface area contributed by atoms with Gasteiger partial charge in [0, 0.05) is 31.7 Å². The van der Waals surface area contributed by atoms with Crippen molar-refractivity contribution < 1.29 is 9.53 Å². The van der Waals surface area contributed by atoms with Crippen molar-refractivity contribution in [3.8, 4) is 0 Å². The Kier molecular flexibility index (Phi) is 5.25. The SMILES string of the molecule is CC(C)(C)COC(=O)N1CCCN(C(C)(C)C)CC1. The maximum atomic E-state index is 12.0. The molecule has 19 heavy (non-hydrogen) atoms. The highest BCUT2D eigenvalue weighted by Crippen LogP contribution is 2.17. The van der Waals surface area contributed by atoms with Crippen molar-refractivity contribution >= 4 is 6.09 Å². The van der Waals surface area contributed by atoms with Crippen molar-refractivity contribution in [3.05, 3.63) is 0 Å². The molecular formula is C15H30N2O2. The van der Waals surface area contributed by atoms with Gasteiger partial charge in [-0.15, -0.1) is 0 Å². The number of hydrogen-bond acceptors (Lipinski definition) is 3. The van der Waals surface area contributed by atoms with E-state index in [2.05, 4.69) is 46.4 Å². The van der Waals surface area contributed by atoms with E-state index in [-0.39, 0.29) is 17.0 Å². The van der Waals surface area contributed by atoms with Crippen LogP contribution in [0, 0.1) is 5.41 Å². The zero-order chi connectivity index (χ0) is 14.7.